The molecule has 0 aliphatic carbocycles. The predicted molar refractivity (Wildman–Crippen MR) is 64.6 cm³/mol. The Morgan fingerprint density at radius 3 is 2.88 bits per heavy atom. The average Bonchev–Trinajstić information content (AvgIpc) is 2.60. The number of hydrogen-bond acceptors (Lipinski definition) is 2. The largest absolute Gasteiger partial charge is 0.379 e. The third-order valence-corrected chi connectivity index (χ3v) is 2.56. The summed E-state index contributed by atoms with van der Waals surface area (Å²) < 4.78 is 15.5. The molecule has 0 bridgehead atoms. The monoisotopic (exact) mass is 283 g/mol. The molecule has 0 unspecified atom stereocenters. The molecule has 2 rings (SSSR count). The summed E-state index contributed by atoms with van der Waals surface area (Å²) in [7, 11) is 1.86. The molecule has 0 amide bonds. The predicted octanol–water partition coefficient (Wildman–Crippen LogP) is 2.93. The number of nitrogens with zero attached hydrogens (tertiary/aromatic N) is 2. The van der Waals surface area contributed by atoms with E-state index in [9.17, 15) is 4.39 Å². The van der Waals surface area contributed by atoms with Crippen LogP contribution in [0.5, 0.6) is 0 Å². The molecule has 0 aliphatic heterocycles. The zero-order chi connectivity index (χ0) is 11.5. The van der Waals surface area contributed by atoms with Gasteiger partial charge in [0.15, 0.2) is 0 Å². The van der Waals surface area contributed by atoms with Gasteiger partial charge in [-0.25, -0.2) is 4.39 Å². The Balaban J connectivity index is 2.04. The molecule has 1 aromatic carbocycles. The molecule has 1 heterocycles. The van der Waals surface area contributed by atoms with Crippen LogP contribution in [-0.2, 0) is 13.6 Å². The molecule has 2 aromatic rings. The highest BCUT2D eigenvalue weighted by molar-refractivity contribution is 9.10. The smallest absolute Gasteiger partial charge is 0.126 e. The number of benzene rings is 1. The topological polar surface area (TPSA) is 29.9 Å². The highest BCUT2D eigenvalue weighted by atomic mass is 79.9. The minimum atomic E-state index is -0.266. The van der Waals surface area contributed by atoms with Crippen molar-refractivity contribution in [1.82, 2.24) is 9.78 Å². The van der Waals surface area contributed by atoms with E-state index in [-0.39, 0.29) is 5.82 Å². The third-order valence-electron chi connectivity index (χ3n) is 2.11. The first-order valence-electron chi connectivity index (χ1n) is 4.82. The van der Waals surface area contributed by atoms with Crippen LogP contribution in [0.15, 0.2) is 34.9 Å². The molecule has 0 saturated heterocycles. The van der Waals surface area contributed by atoms with Crippen LogP contribution in [0.1, 0.15) is 5.69 Å². The first-order valence-corrected chi connectivity index (χ1v) is 5.61. The van der Waals surface area contributed by atoms with Gasteiger partial charge in [-0.15, -0.1) is 0 Å². The summed E-state index contributed by atoms with van der Waals surface area (Å²) in [5, 5.41) is 7.33. The van der Waals surface area contributed by atoms with E-state index in [0.29, 0.717) is 6.54 Å². The lowest BCUT2D eigenvalue weighted by molar-refractivity contribution is 0.627. The molecule has 0 saturated carbocycles. The highest BCUT2D eigenvalue weighted by Gasteiger charge is 2.00. The van der Waals surface area contributed by atoms with Gasteiger partial charge in [0.1, 0.15) is 5.82 Å². The van der Waals surface area contributed by atoms with Gasteiger partial charge in [0.05, 0.1) is 12.2 Å². The molecule has 3 nitrogen and oxygen atoms in total. The average molecular weight is 284 g/mol. The van der Waals surface area contributed by atoms with Crippen LogP contribution in [0.2, 0.25) is 0 Å². The number of aromatic nitrogens is 2. The normalized spacial score (nSPS) is 10.4. The number of halogens is 2. The van der Waals surface area contributed by atoms with Crippen molar-refractivity contribution in [1.29, 1.82) is 0 Å². The molecule has 84 valence electrons. The van der Waals surface area contributed by atoms with Crippen molar-refractivity contribution in [3.63, 3.8) is 0 Å². The molecule has 0 fully saturated rings. The van der Waals surface area contributed by atoms with Crippen molar-refractivity contribution < 1.29 is 4.39 Å². The molecular weight excluding hydrogens is 273 g/mol. The van der Waals surface area contributed by atoms with E-state index in [1.807, 2.05) is 25.4 Å². The van der Waals surface area contributed by atoms with Crippen LogP contribution in [0.25, 0.3) is 0 Å². The number of aryl methyl sites for hydroxylation is 1. The van der Waals surface area contributed by atoms with Crippen LogP contribution >= 0.6 is 15.9 Å². The summed E-state index contributed by atoms with van der Waals surface area (Å²) in [5.41, 5.74) is 1.65. The minimum Gasteiger partial charge on any atom is -0.379 e. The standard InChI is InChI=1S/C11H11BrFN3/c1-16-3-2-10(15-16)7-14-11-5-8(12)4-9(13)6-11/h2-6,14H,7H2,1H3. The summed E-state index contributed by atoms with van der Waals surface area (Å²) in [6.45, 7) is 0.580. The fraction of sp³-hybridized carbons (Fsp3) is 0.182. The highest BCUT2D eigenvalue weighted by Crippen LogP contribution is 2.18. The van der Waals surface area contributed by atoms with Crippen molar-refractivity contribution in [3.05, 3.63) is 46.4 Å². The number of anilines is 1. The molecule has 16 heavy (non-hydrogen) atoms. The second kappa shape index (κ2) is 4.65. The van der Waals surface area contributed by atoms with Gasteiger partial charge >= 0.3 is 0 Å². The molecule has 1 N–H and O–H groups in total. The maximum absolute atomic E-state index is 13.1. The van der Waals surface area contributed by atoms with Crippen LogP contribution in [-0.4, -0.2) is 9.78 Å². The van der Waals surface area contributed by atoms with Gasteiger partial charge in [0, 0.05) is 23.4 Å². The Bertz CT molecular complexity index is 475. The minimum absolute atomic E-state index is 0.266. The van der Waals surface area contributed by atoms with E-state index in [2.05, 4.69) is 26.3 Å². The Morgan fingerprint density at radius 1 is 1.44 bits per heavy atom. The molecule has 0 aliphatic rings. The van der Waals surface area contributed by atoms with Crippen LogP contribution < -0.4 is 5.32 Å². The van der Waals surface area contributed by atoms with Crippen molar-refractivity contribution in [2.75, 3.05) is 5.32 Å². The van der Waals surface area contributed by atoms with E-state index >= 15 is 0 Å². The Morgan fingerprint density at radius 2 is 2.25 bits per heavy atom. The lowest BCUT2D eigenvalue weighted by Gasteiger charge is -2.05. The molecule has 5 heteroatoms. The number of hydrogen-bond donors (Lipinski definition) is 1. The second-order valence-corrected chi connectivity index (χ2v) is 4.41. The van der Waals surface area contributed by atoms with Crippen molar-refractivity contribution in [3.8, 4) is 0 Å². The Labute approximate surface area is 101 Å². The van der Waals surface area contributed by atoms with Gasteiger partial charge in [-0.1, -0.05) is 15.9 Å². The van der Waals surface area contributed by atoms with Crippen LogP contribution in [0, 0.1) is 5.82 Å². The molecule has 1 aromatic heterocycles. The van der Waals surface area contributed by atoms with E-state index < -0.39 is 0 Å². The van der Waals surface area contributed by atoms with Gasteiger partial charge in [-0.2, -0.15) is 5.10 Å². The van der Waals surface area contributed by atoms with E-state index in [4.69, 9.17) is 0 Å². The quantitative estimate of drug-likeness (QED) is 0.939. The van der Waals surface area contributed by atoms with E-state index in [1.165, 1.54) is 12.1 Å². The second-order valence-electron chi connectivity index (χ2n) is 3.49. The summed E-state index contributed by atoms with van der Waals surface area (Å²) in [5.74, 6) is -0.266. The first kappa shape index (κ1) is 11.1. The number of nitrogens with one attached hydrogen (secondary N) is 1. The van der Waals surface area contributed by atoms with Gasteiger partial charge in [-0.05, 0) is 24.3 Å². The van der Waals surface area contributed by atoms with Crippen molar-refractivity contribution >= 4 is 21.6 Å². The summed E-state index contributed by atoms with van der Waals surface area (Å²) in [6, 6.07) is 6.62. The lowest BCUT2D eigenvalue weighted by atomic mass is 10.3. The van der Waals surface area contributed by atoms with Crippen molar-refractivity contribution in [2.24, 2.45) is 7.05 Å². The van der Waals surface area contributed by atoms with Crippen LogP contribution in [0.4, 0.5) is 10.1 Å². The molecule has 0 spiro atoms. The molecule has 0 atom stereocenters. The lowest BCUT2D eigenvalue weighted by Crippen LogP contribution is -2.01. The third kappa shape index (κ3) is 2.82. The van der Waals surface area contributed by atoms with Gasteiger partial charge in [0.2, 0.25) is 0 Å². The van der Waals surface area contributed by atoms with Gasteiger partial charge in [-0.3, -0.25) is 4.68 Å². The maximum atomic E-state index is 13.1. The van der Waals surface area contributed by atoms with Gasteiger partial charge < -0.3 is 5.32 Å². The Hall–Kier alpha value is -1.36. The fourth-order valence-electron chi connectivity index (χ4n) is 1.41. The molecular formula is C11H11BrFN3. The van der Waals surface area contributed by atoms with E-state index in [0.717, 1.165) is 15.9 Å². The van der Waals surface area contributed by atoms with Crippen LogP contribution in [0.3, 0.4) is 0 Å². The molecule has 0 radical (unpaired) electrons. The number of rotatable bonds is 3. The first-order chi connectivity index (χ1) is 7.63. The zero-order valence-corrected chi connectivity index (χ0v) is 10.3. The van der Waals surface area contributed by atoms with Crippen molar-refractivity contribution in [2.45, 2.75) is 6.54 Å². The Kier molecular flexibility index (Phi) is 3.24. The SMILES string of the molecule is Cn1ccc(CNc2cc(F)cc(Br)c2)n1. The summed E-state index contributed by atoms with van der Waals surface area (Å²) in [4.78, 5) is 0. The summed E-state index contributed by atoms with van der Waals surface area (Å²) >= 11 is 3.24. The summed E-state index contributed by atoms with van der Waals surface area (Å²) in [6.07, 6.45) is 1.87. The zero-order valence-electron chi connectivity index (χ0n) is 8.74. The fourth-order valence-corrected chi connectivity index (χ4v) is 1.87. The van der Waals surface area contributed by atoms with Gasteiger partial charge in [0.25, 0.3) is 0 Å². The maximum Gasteiger partial charge on any atom is 0.126 e. The van der Waals surface area contributed by atoms with E-state index in [1.54, 1.807) is 4.68 Å².